The Kier molecular flexibility index (Phi) is 4.88. The van der Waals surface area contributed by atoms with Gasteiger partial charge in [-0.1, -0.05) is 59.7 Å². The summed E-state index contributed by atoms with van der Waals surface area (Å²) < 4.78 is 0. The first-order chi connectivity index (χ1) is 14.4. The Labute approximate surface area is 183 Å². The molecule has 0 bridgehead atoms. The largest absolute Gasteiger partial charge is 0.505 e. The second kappa shape index (κ2) is 7.19. The van der Waals surface area contributed by atoms with Crippen molar-refractivity contribution in [1.82, 2.24) is 20.0 Å². The Hall–Kier alpha value is -3.21. The molecule has 2 heterocycles. The summed E-state index contributed by atoms with van der Waals surface area (Å²) in [5.74, 6) is 0.223. The first-order valence-corrected chi connectivity index (χ1v) is 10.6. The number of fused-ring (bicyclic) bond motifs is 1. The molecule has 5 heteroatoms. The topological polar surface area (TPSA) is 63.8 Å². The zero-order valence-corrected chi connectivity index (χ0v) is 19.4. The molecule has 160 valence electrons. The minimum Gasteiger partial charge on any atom is -0.505 e. The van der Waals surface area contributed by atoms with Gasteiger partial charge in [-0.3, -0.25) is 4.98 Å². The van der Waals surface area contributed by atoms with Crippen LogP contribution < -0.4 is 0 Å². The molecule has 0 unspecified atom stereocenters. The van der Waals surface area contributed by atoms with Gasteiger partial charge in [-0.15, -0.1) is 15.0 Å². The first-order valence-electron chi connectivity index (χ1n) is 10.6. The molecule has 2 aromatic heterocycles. The monoisotopic (exact) mass is 414 g/mol. The number of rotatable bonds is 2. The summed E-state index contributed by atoms with van der Waals surface area (Å²) in [5, 5.41) is 20.5. The normalized spacial score (nSPS) is 12.5. The number of phenolic OH excluding ortho intramolecular Hbond substituents is 1. The van der Waals surface area contributed by atoms with Crippen molar-refractivity contribution in [2.75, 3.05) is 0 Å². The number of phenols is 1. The second-order valence-corrected chi connectivity index (χ2v) is 10.3. The molecule has 0 radical (unpaired) electrons. The van der Waals surface area contributed by atoms with Crippen molar-refractivity contribution in [1.29, 1.82) is 0 Å². The van der Waals surface area contributed by atoms with E-state index < -0.39 is 0 Å². The Morgan fingerprint density at radius 1 is 0.806 bits per heavy atom. The Balaban J connectivity index is 1.87. The molecule has 5 nitrogen and oxygen atoms in total. The Morgan fingerprint density at radius 3 is 2.13 bits per heavy atom. The third-order valence-electron chi connectivity index (χ3n) is 5.57. The smallest absolute Gasteiger partial charge is 0.146 e. The molecule has 0 saturated heterocycles. The van der Waals surface area contributed by atoms with Crippen molar-refractivity contribution in [3.8, 4) is 22.7 Å². The minimum absolute atomic E-state index is 0.0701. The van der Waals surface area contributed by atoms with Crippen molar-refractivity contribution in [3.05, 3.63) is 65.4 Å². The standard InChI is InChI=1S/C26H30N4O/c1-16-8-10-20(27-15-16)17-9-11-21-22(12-17)29-30(28-21)23-14-18(25(2,3)4)13-19(24(23)31)26(5,6)7/h8-15,31H,1-7H3. The van der Waals surface area contributed by atoms with Crippen LogP contribution in [0.5, 0.6) is 5.75 Å². The lowest BCUT2D eigenvalue weighted by molar-refractivity contribution is 0.438. The van der Waals surface area contributed by atoms with E-state index in [-0.39, 0.29) is 16.6 Å². The highest BCUT2D eigenvalue weighted by atomic mass is 16.3. The van der Waals surface area contributed by atoms with E-state index in [0.717, 1.165) is 39.0 Å². The van der Waals surface area contributed by atoms with Crippen LogP contribution in [0.3, 0.4) is 0 Å². The van der Waals surface area contributed by atoms with Crippen LogP contribution in [0, 0.1) is 6.92 Å². The van der Waals surface area contributed by atoms with Crippen molar-refractivity contribution in [3.63, 3.8) is 0 Å². The molecule has 31 heavy (non-hydrogen) atoms. The van der Waals surface area contributed by atoms with Gasteiger partial charge in [-0.25, -0.2) is 0 Å². The third kappa shape index (κ3) is 4.05. The van der Waals surface area contributed by atoms with E-state index in [1.807, 2.05) is 49.5 Å². The molecular formula is C26H30N4O. The molecule has 0 amide bonds. The molecule has 0 aliphatic carbocycles. The van der Waals surface area contributed by atoms with E-state index in [1.165, 1.54) is 0 Å². The van der Waals surface area contributed by atoms with Crippen molar-refractivity contribution in [2.24, 2.45) is 0 Å². The van der Waals surface area contributed by atoms with Gasteiger partial charge in [0.05, 0.1) is 5.69 Å². The van der Waals surface area contributed by atoms with Crippen LogP contribution in [-0.4, -0.2) is 25.1 Å². The fourth-order valence-electron chi connectivity index (χ4n) is 3.60. The summed E-state index contributed by atoms with van der Waals surface area (Å²) in [5.41, 5.74) is 6.89. The number of benzene rings is 2. The van der Waals surface area contributed by atoms with Gasteiger partial charge in [0.25, 0.3) is 0 Å². The summed E-state index contributed by atoms with van der Waals surface area (Å²) in [6.45, 7) is 14.8. The molecule has 0 saturated carbocycles. The summed E-state index contributed by atoms with van der Waals surface area (Å²) in [7, 11) is 0. The molecule has 0 spiro atoms. The summed E-state index contributed by atoms with van der Waals surface area (Å²) >= 11 is 0. The number of nitrogens with zero attached hydrogens (tertiary/aromatic N) is 4. The molecule has 4 aromatic rings. The molecule has 1 N–H and O–H groups in total. The van der Waals surface area contributed by atoms with E-state index in [1.54, 1.807) is 4.80 Å². The maximum atomic E-state index is 11.1. The second-order valence-electron chi connectivity index (χ2n) is 10.3. The molecule has 0 fully saturated rings. The van der Waals surface area contributed by atoms with Crippen LogP contribution in [0.4, 0.5) is 0 Å². The van der Waals surface area contributed by atoms with Crippen LogP contribution >= 0.6 is 0 Å². The predicted octanol–water partition coefficient (Wildman–Crippen LogP) is 6.09. The van der Waals surface area contributed by atoms with E-state index in [9.17, 15) is 5.11 Å². The van der Waals surface area contributed by atoms with E-state index in [2.05, 4.69) is 57.7 Å². The summed E-state index contributed by atoms with van der Waals surface area (Å²) in [6.07, 6.45) is 1.86. The highest BCUT2D eigenvalue weighted by Gasteiger charge is 2.26. The van der Waals surface area contributed by atoms with Gasteiger partial charge in [0, 0.05) is 17.3 Å². The van der Waals surface area contributed by atoms with E-state index in [0.29, 0.717) is 5.69 Å². The number of aryl methyl sites for hydroxylation is 1. The zero-order chi connectivity index (χ0) is 22.6. The highest BCUT2D eigenvalue weighted by molar-refractivity contribution is 5.80. The van der Waals surface area contributed by atoms with E-state index in [4.69, 9.17) is 5.10 Å². The van der Waals surface area contributed by atoms with Gasteiger partial charge in [0.2, 0.25) is 0 Å². The van der Waals surface area contributed by atoms with Crippen LogP contribution in [0.25, 0.3) is 28.0 Å². The number of hydrogen-bond acceptors (Lipinski definition) is 4. The summed E-state index contributed by atoms with van der Waals surface area (Å²) in [4.78, 5) is 6.07. The molecule has 0 aliphatic rings. The van der Waals surface area contributed by atoms with Gasteiger partial charge < -0.3 is 5.11 Å². The lowest BCUT2D eigenvalue weighted by Crippen LogP contribution is -2.18. The predicted molar refractivity (Wildman–Crippen MR) is 126 cm³/mol. The molecule has 0 aliphatic heterocycles. The quantitative estimate of drug-likeness (QED) is 0.431. The number of pyridine rings is 1. The average Bonchev–Trinajstić information content (AvgIpc) is 3.10. The van der Waals surface area contributed by atoms with Crippen LogP contribution in [-0.2, 0) is 10.8 Å². The maximum Gasteiger partial charge on any atom is 0.146 e. The minimum atomic E-state index is -0.211. The third-order valence-corrected chi connectivity index (χ3v) is 5.57. The first kappa shape index (κ1) is 21.0. The zero-order valence-electron chi connectivity index (χ0n) is 19.4. The van der Waals surface area contributed by atoms with Crippen molar-refractivity contribution < 1.29 is 5.11 Å². The number of aromatic hydroxyl groups is 1. The van der Waals surface area contributed by atoms with Gasteiger partial charge in [0.15, 0.2) is 0 Å². The number of hydrogen-bond donors (Lipinski definition) is 1. The van der Waals surface area contributed by atoms with Crippen molar-refractivity contribution >= 4 is 11.0 Å². The highest BCUT2D eigenvalue weighted by Crippen LogP contribution is 2.39. The van der Waals surface area contributed by atoms with Gasteiger partial charge in [0.1, 0.15) is 22.5 Å². The van der Waals surface area contributed by atoms with Gasteiger partial charge in [-0.05, 0) is 53.1 Å². The average molecular weight is 415 g/mol. The SMILES string of the molecule is Cc1ccc(-c2ccc3nn(-c4cc(C(C)(C)C)cc(C(C)(C)C)c4O)nc3c2)nc1. The van der Waals surface area contributed by atoms with Gasteiger partial charge >= 0.3 is 0 Å². The fourth-order valence-corrected chi connectivity index (χ4v) is 3.60. The summed E-state index contributed by atoms with van der Waals surface area (Å²) in [6, 6.07) is 14.1. The van der Waals surface area contributed by atoms with Crippen LogP contribution in [0.1, 0.15) is 58.2 Å². The Morgan fingerprint density at radius 2 is 1.52 bits per heavy atom. The van der Waals surface area contributed by atoms with Crippen LogP contribution in [0.2, 0.25) is 0 Å². The maximum absolute atomic E-state index is 11.1. The lowest BCUT2D eigenvalue weighted by atomic mass is 9.80. The molecule has 2 aromatic carbocycles. The van der Waals surface area contributed by atoms with Crippen molar-refractivity contribution in [2.45, 2.75) is 59.3 Å². The molecular weight excluding hydrogens is 384 g/mol. The number of aromatic nitrogens is 4. The van der Waals surface area contributed by atoms with E-state index >= 15 is 0 Å². The molecule has 0 atom stereocenters. The molecule has 4 rings (SSSR count). The van der Waals surface area contributed by atoms with Gasteiger partial charge in [-0.2, -0.15) is 0 Å². The lowest BCUT2D eigenvalue weighted by Gasteiger charge is -2.27. The Bertz CT molecular complexity index is 1260. The van der Waals surface area contributed by atoms with Crippen LogP contribution in [0.15, 0.2) is 48.7 Å². The fraction of sp³-hybridized carbons (Fsp3) is 0.346.